The Labute approximate surface area is 104 Å². The highest BCUT2D eigenvalue weighted by molar-refractivity contribution is 9.11. The van der Waals surface area contributed by atoms with Crippen LogP contribution in [-0.2, 0) is 4.74 Å². The topological polar surface area (TPSA) is 63.0 Å². The molecule has 0 atom stereocenters. The maximum absolute atomic E-state index is 11.4. The van der Waals surface area contributed by atoms with Crippen LogP contribution in [0.4, 0.5) is 0 Å². The van der Waals surface area contributed by atoms with Crippen LogP contribution in [0.25, 0.3) is 10.2 Å². The van der Waals surface area contributed by atoms with E-state index in [1.807, 2.05) is 6.07 Å². The maximum atomic E-state index is 11.4. The van der Waals surface area contributed by atoms with Crippen molar-refractivity contribution in [3.8, 4) is 6.07 Å². The number of benzene rings is 1. The number of hydrogen-bond donors (Lipinski definition) is 0. The van der Waals surface area contributed by atoms with Crippen molar-refractivity contribution in [2.75, 3.05) is 7.11 Å². The zero-order chi connectivity index (χ0) is 11.7. The first-order valence-electron chi connectivity index (χ1n) is 4.24. The second-order valence-corrected chi connectivity index (χ2v) is 5.25. The van der Waals surface area contributed by atoms with Gasteiger partial charge in [0.2, 0.25) is 0 Å². The van der Waals surface area contributed by atoms with Crippen molar-refractivity contribution in [3.05, 3.63) is 27.2 Å². The Balaban J connectivity index is 2.73. The molecule has 0 amide bonds. The summed E-state index contributed by atoms with van der Waals surface area (Å²) in [6, 6.07) is 5.18. The van der Waals surface area contributed by atoms with Crippen LogP contribution < -0.4 is 0 Å². The molecule has 0 bridgehead atoms. The molecular weight excluding hydrogens is 292 g/mol. The number of aromatic nitrogens is 1. The highest BCUT2D eigenvalue weighted by atomic mass is 79.9. The Bertz CT molecular complexity index is 615. The summed E-state index contributed by atoms with van der Waals surface area (Å²) in [6.07, 6.45) is 0. The standard InChI is InChI=1S/C10H5BrN2O2S/c1-15-9(14)5-2-6(4-12)8-7(3-5)16-10(11)13-8/h2-3H,1H3. The SMILES string of the molecule is COC(=O)c1cc(C#N)c2nc(Br)sc2c1. The molecule has 1 heterocycles. The molecule has 0 saturated carbocycles. The monoisotopic (exact) mass is 296 g/mol. The van der Waals surface area contributed by atoms with Crippen LogP contribution in [-0.4, -0.2) is 18.1 Å². The van der Waals surface area contributed by atoms with Gasteiger partial charge in [-0.3, -0.25) is 0 Å². The van der Waals surface area contributed by atoms with Crippen LogP contribution in [0.2, 0.25) is 0 Å². The Hall–Kier alpha value is -1.45. The van der Waals surface area contributed by atoms with E-state index < -0.39 is 5.97 Å². The van der Waals surface area contributed by atoms with E-state index in [0.717, 1.165) is 4.70 Å². The highest BCUT2D eigenvalue weighted by Crippen LogP contribution is 2.29. The van der Waals surface area contributed by atoms with Crippen molar-refractivity contribution in [1.29, 1.82) is 5.26 Å². The van der Waals surface area contributed by atoms with Gasteiger partial charge in [0.15, 0.2) is 3.92 Å². The van der Waals surface area contributed by atoms with Crippen LogP contribution in [0.5, 0.6) is 0 Å². The molecule has 0 fully saturated rings. The van der Waals surface area contributed by atoms with Crippen molar-refractivity contribution in [3.63, 3.8) is 0 Å². The fourth-order valence-electron chi connectivity index (χ4n) is 1.32. The van der Waals surface area contributed by atoms with Crippen molar-refractivity contribution in [2.45, 2.75) is 0 Å². The zero-order valence-electron chi connectivity index (χ0n) is 8.15. The quantitative estimate of drug-likeness (QED) is 0.759. The molecule has 4 nitrogen and oxygen atoms in total. The van der Waals surface area contributed by atoms with E-state index in [0.29, 0.717) is 20.6 Å². The minimum absolute atomic E-state index is 0.364. The number of rotatable bonds is 1. The number of nitriles is 1. The van der Waals surface area contributed by atoms with E-state index >= 15 is 0 Å². The van der Waals surface area contributed by atoms with E-state index in [4.69, 9.17) is 5.26 Å². The third-order valence-corrected chi connectivity index (χ3v) is 3.46. The van der Waals surface area contributed by atoms with Gasteiger partial charge in [-0.15, -0.1) is 11.3 Å². The lowest BCUT2D eigenvalue weighted by atomic mass is 10.1. The van der Waals surface area contributed by atoms with Gasteiger partial charge in [0.05, 0.1) is 22.9 Å². The number of methoxy groups -OCH3 is 1. The molecule has 0 radical (unpaired) electrons. The molecule has 1 aromatic heterocycles. The summed E-state index contributed by atoms with van der Waals surface area (Å²) in [4.78, 5) is 15.5. The lowest BCUT2D eigenvalue weighted by molar-refractivity contribution is 0.0601. The summed E-state index contributed by atoms with van der Waals surface area (Å²) < 4.78 is 6.08. The Morgan fingerprint density at radius 2 is 2.38 bits per heavy atom. The predicted molar refractivity (Wildman–Crippen MR) is 63.4 cm³/mol. The lowest BCUT2D eigenvalue weighted by Crippen LogP contribution is -2.01. The van der Waals surface area contributed by atoms with Gasteiger partial charge >= 0.3 is 5.97 Å². The lowest BCUT2D eigenvalue weighted by Gasteiger charge is -1.99. The molecule has 2 rings (SSSR count). The first-order chi connectivity index (χ1) is 7.65. The van der Waals surface area contributed by atoms with Crippen LogP contribution >= 0.6 is 27.3 Å². The van der Waals surface area contributed by atoms with E-state index in [-0.39, 0.29) is 0 Å². The van der Waals surface area contributed by atoms with Crippen LogP contribution in [0, 0.1) is 11.3 Å². The molecule has 0 aliphatic heterocycles. The molecule has 80 valence electrons. The third kappa shape index (κ3) is 1.79. The highest BCUT2D eigenvalue weighted by Gasteiger charge is 2.13. The number of ether oxygens (including phenoxy) is 1. The summed E-state index contributed by atoms with van der Waals surface area (Å²) in [7, 11) is 1.31. The molecule has 2 aromatic rings. The molecule has 0 spiro atoms. The van der Waals surface area contributed by atoms with Gasteiger partial charge in [0, 0.05) is 0 Å². The van der Waals surface area contributed by atoms with E-state index in [2.05, 4.69) is 25.7 Å². The second kappa shape index (κ2) is 4.20. The average molecular weight is 297 g/mol. The fourth-order valence-corrected chi connectivity index (χ4v) is 2.78. The number of hydrogen-bond acceptors (Lipinski definition) is 5. The largest absolute Gasteiger partial charge is 0.465 e. The normalized spacial score (nSPS) is 10.1. The summed E-state index contributed by atoms with van der Waals surface area (Å²) in [5.74, 6) is -0.456. The number of carbonyl (C=O) groups is 1. The second-order valence-electron chi connectivity index (χ2n) is 2.94. The molecule has 16 heavy (non-hydrogen) atoms. The number of esters is 1. The molecule has 1 aromatic carbocycles. The minimum Gasteiger partial charge on any atom is -0.465 e. The third-order valence-electron chi connectivity index (χ3n) is 2.01. The Morgan fingerprint density at radius 3 is 3.00 bits per heavy atom. The number of halogens is 1. The van der Waals surface area contributed by atoms with Crippen molar-refractivity contribution >= 4 is 43.5 Å². The van der Waals surface area contributed by atoms with Gasteiger partial charge in [-0.2, -0.15) is 5.26 Å². The average Bonchev–Trinajstić information content (AvgIpc) is 2.66. The van der Waals surface area contributed by atoms with Gasteiger partial charge in [0.25, 0.3) is 0 Å². The van der Waals surface area contributed by atoms with Gasteiger partial charge < -0.3 is 4.74 Å². The maximum Gasteiger partial charge on any atom is 0.337 e. The summed E-state index contributed by atoms with van der Waals surface area (Å²) in [6.45, 7) is 0. The fraction of sp³-hybridized carbons (Fsp3) is 0.100. The van der Waals surface area contributed by atoms with Gasteiger partial charge in [0.1, 0.15) is 11.6 Å². The number of carbonyl (C=O) groups excluding carboxylic acids is 1. The van der Waals surface area contributed by atoms with Crippen LogP contribution in [0.3, 0.4) is 0 Å². The van der Waals surface area contributed by atoms with Crippen LogP contribution in [0.15, 0.2) is 16.0 Å². The van der Waals surface area contributed by atoms with Gasteiger partial charge in [-0.05, 0) is 28.1 Å². The van der Waals surface area contributed by atoms with Crippen LogP contribution in [0.1, 0.15) is 15.9 Å². The molecule has 0 unspecified atom stereocenters. The van der Waals surface area contributed by atoms with E-state index in [9.17, 15) is 4.79 Å². The number of thiazole rings is 1. The van der Waals surface area contributed by atoms with Gasteiger partial charge in [-0.25, -0.2) is 9.78 Å². The van der Waals surface area contributed by atoms with Crippen molar-refractivity contribution in [2.24, 2.45) is 0 Å². The molecule has 0 aliphatic carbocycles. The summed E-state index contributed by atoms with van der Waals surface area (Å²) >= 11 is 4.62. The Kier molecular flexibility index (Phi) is 2.90. The summed E-state index contributed by atoms with van der Waals surface area (Å²) in [5.41, 5.74) is 1.34. The van der Waals surface area contributed by atoms with E-state index in [1.165, 1.54) is 24.5 Å². The van der Waals surface area contributed by atoms with Gasteiger partial charge in [-0.1, -0.05) is 0 Å². The molecular formula is C10H5BrN2O2S. The minimum atomic E-state index is -0.456. The van der Waals surface area contributed by atoms with Crippen molar-refractivity contribution in [1.82, 2.24) is 4.98 Å². The Morgan fingerprint density at radius 1 is 1.62 bits per heavy atom. The number of fused-ring (bicyclic) bond motifs is 1. The first-order valence-corrected chi connectivity index (χ1v) is 5.85. The molecule has 0 saturated heterocycles. The number of nitrogens with zero attached hydrogens (tertiary/aromatic N) is 2. The predicted octanol–water partition coefficient (Wildman–Crippen LogP) is 2.72. The first kappa shape index (κ1) is 11.0. The summed E-state index contributed by atoms with van der Waals surface area (Å²) in [5, 5.41) is 8.97. The van der Waals surface area contributed by atoms with Crippen molar-refractivity contribution < 1.29 is 9.53 Å². The molecule has 0 aliphatic rings. The zero-order valence-corrected chi connectivity index (χ0v) is 10.6. The van der Waals surface area contributed by atoms with E-state index in [1.54, 1.807) is 6.07 Å². The molecule has 0 N–H and O–H groups in total. The smallest absolute Gasteiger partial charge is 0.337 e. The molecule has 6 heteroatoms.